The number of hydrogen-bond acceptors (Lipinski definition) is 5. The summed E-state index contributed by atoms with van der Waals surface area (Å²) in [6.07, 6.45) is 0.382. The van der Waals surface area contributed by atoms with Crippen molar-refractivity contribution < 1.29 is 23.7 Å². The lowest BCUT2D eigenvalue weighted by atomic mass is 9.84. The van der Waals surface area contributed by atoms with Gasteiger partial charge in [-0.15, -0.1) is 0 Å². The smallest absolute Gasteiger partial charge is 0.410 e. The van der Waals surface area contributed by atoms with Gasteiger partial charge in [-0.3, -0.25) is 4.90 Å². The maximum Gasteiger partial charge on any atom is 0.410 e. The quantitative estimate of drug-likeness (QED) is 0.236. The fraction of sp³-hybridized carbons (Fsp3) is 0.344. The number of aryl methyl sites for hydroxylation is 1. The van der Waals surface area contributed by atoms with Gasteiger partial charge < -0.3 is 18.9 Å². The molecule has 0 saturated carbocycles. The molecule has 3 aromatic rings. The Balaban J connectivity index is 1.56. The molecule has 1 unspecified atom stereocenters. The second-order valence-corrected chi connectivity index (χ2v) is 9.97. The van der Waals surface area contributed by atoms with E-state index in [0.29, 0.717) is 44.4 Å². The number of methoxy groups -OCH3 is 1. The van der Waals surface area contributed by atoms with Crippen molar-refractivity contribution in [3.05, 3.63) is 106 Å². The normalized spacial score (nSPS) is 15.4. The third-order valence-electron chi connectivity index (χ3n) is 6.89. The molecular weight excluding hydrogens is 514 g/mol. The molecule has 0 N–H and O–H groups in total. The van der Waals surface area contributed by atoms with Crippen molar-refractivity contribution in [2.45, 2.75) is 32.9 Å². The van der Waals surface area contributed by atoms with E-state index in [1.807, 2.05) is 77.7 Å². The van der Waals surface area contributed by atoms with Crippen LogP contribution in [0.15, 0.2) is 78.4 Å². The number of amides is 1. The van der Waals surface area contributed by atoms with Crippen LogP contribution < -0.4 is 4.74 Å². The van der Waals surface area contributed by atoms with Crippen LogP contribution in [-0.4, -0.2) is 51.1 Å². The molecule has 3 aromatic carbocycles. The first-order valence-electron chi connectivity index (χ1n) is 13.2. The largest absolute Gasteiger partial charge is 0.491 e. The number of hydrogen-bond donors (Lipinski definition) is 0. The third-order valence-corrected chi connectivity index (χ3v) is 7.12. The van der Waals surface area contributed by atoms with Gasteiger partial charge in [-0.05, 0) is 77.9 Å². The maximum atomic E-state index is 13.4. The molecule has 0 saturated heterocycles. The minimum Gasteiger partial charge on any atom is -0.491 e. The van der Waals surface area contributed by atoms with Crippen LogP contribution in [0.2, 0.25) is 5.02 Å². The van der Waals surface area contributed by atoms with Crippen LogP contribution in [0, 0.1) is 6.92 Å². The molecule has 1 heterocycles. The van der Waals surface area contributed by atoms with Crippen LogP contribution in [0.4, 0.5) is 4.79 Å². The minimum absolute atomic E-state index is 0.227. The Morgan fingerprint density at radius 1 is 0.949 bits per heavy atom. The molecule has 1 amide bonds. The Kier molecular flexibility index (Phi) is 10.4. The first-order chi connectivity index (χ1) is 19.0. The second-order valence-electron chi connectivity index (χ2n) is 9.53. The number of carbonyl (C=O) groups is 1. The van der Waals surface area contributed by atoms with E-state index in [4.69, 9.17) is 30.5 Å². The van der Waals surface area contributed by atoms with Gasteiger partial charge in [0.25, 0.3) is 0 Å². The zero-order chi connectivity index (χ0) is 27.6. The molecule has 1 aliphatic heterocycles. The van der Waals surface area contributed by atoms with E-state index in [9.17, 15) is 4.79 Å². The molecule has 0 fully saturated rings. The number of ether oxygens (including phenoxy) is 4. The van der Waals surface area contributed by atoms with Crippen LogP contribution in [0.25, 0.3) is 5.57 Å². The lowest BCUT2D eigenvalue weighted by Gasteiger charge is -2.38. The molecule has 0 radical (unpaired) electrons. The molecule has 0 aromatic heterocycles. The highest BCUT2D eigenvalue weighted by Crippen LogP contribution is 2.41. The SMILES string of the molecule is COCCOCCOc1ccc(C2C(C)=C(c3cc(Cl)ccc3C)CCN2C(=O)OCc2ccccc2)cc1. The Labute approximate surface area is 236 Å². The molecule has 1 atom stereocenters. The van der Waals surface area contributed by atoms with Crippen molar-refractivity contribution in [3.8, 4) is 5.75 Å². The van der Waals surface area contributed by atoms with Crippen LogP contribution in [0.1, 0.15) is 41.6 Å². The van der Waals surface area contributed by atoms with E-state index in [1.54, 1.807) is 7.11 Å². The second kappa shape index (κ2) is 14.2. The number of carbonyl (C=O) groups excluding carboxylic acids is 1. The van der Waals surface area contributed by atoms with E-state index in [1.165, 1.54) is 5.57 Å². The highest BCUT2D eigenvalue weighted by Gasteiger charge is 2.33. The van der Waals surface area contributed by atoms with Crippen molar-refractivity contribution in [2.75, 3.05) is 40.1 Å². The summed E-state index contributed by atoms with van der Waals surface area (Å²) in [7, 11) is 1.65. The summed E-state index contributed by atoms with van der Waals surface area (Å²) in [5.74, 6) is 0.746. The highest BCUT2D eigenvalue weighted by atomic mass is 35.5. The summed E-state index contributed by atoms with van der Waals surface area (Å²) in [4.78, 5) is 15.2. The average Bonchev–Trinajstić information content (AvgIpc) is 2.96. The van der Waals surface area contributed by atoms with Gasteiger partial charge in [0.05, 0.1) is 25.9 Å². The Morgan fingerprint density at radius 2 is 1.69 bits per heavy atom. The molecular formula is C32H36ClNO5. The monoisotopic (exact) mass is 549 g/mol. The summed E-state index contributed by atoms with van der Waals surface area (Å²) < 4.78 is 22.1. The minimum atomic E-state index is -0.335. The van der Waals surface area contributed by atoms with E-state index >= 15 is 0 Å². The lowest BCUT2D eigenvalue weighted by molar-refractivity contribution is 0.0544. The van der Waals surface area contributed by atoms with Crippen molar-refractivity contribution in [2.24, 2.45) is 0 Å². The Bertz CT molecular complexity index is 1260. The van der Waals surface area contributed by atoms with Crippen LogP contribution in [0.5, 0.6) is 5.75 Å². The molecule has 206 valence electrons. The van der Waals surface area contributed by atoms with Gasteiger partial charge in [-0.1, -0.05) is 60.1 Å². The summed E-state index contributed by atoms with van der Waals surface area (Å²) in [6, 6.07) is 23.3. The standard InChI is InChI=1S/C32H36ClNO5/c1-23-9-12-27(33)21-30(23)29-15-16-34(32(35)39-22-25-7-5-4-6-8-25)31(24(29)2)26-10-13-28(14-11-26)38-20-19-37-18-17-36-3/h4-14,21,31H,15-20,22H2,1-3H3. The fourth-order valence-corrected chi connectivity index (χ4v) is 5.03. The number of benzene rings is 3. The van der Waals surface area contributed by atoms with Gasteiger partial charge in [-0.2, -0.15) is 0 Å². The molecule has 0 aliphatic carbocycles. The van der Waals surface area contributed by atoms with Crippen molar-refractivity contribution in [1.82, 2.24) is 4.90 Å². The number of nitrogens with zero attached hydrogens (tertiary/aromatic N) is 1. The predicted octanol–water partition coefficient (Wildman–Crippen LogP) is 7.25. The predicted molar refractivity (Wildman–Crippen MR) is 154 cm³/mol. The Morgan fingerprint density at radius 3 is 2.44 bits per heavy atom. The molecule has 1 aliphatic rings. The molecule has 39 heavy (non-hydrogen) atoms. The molecule has 0 spiro atoms. The first-order valence-corrected chi connectivity index (χ1v) is 13.6. The lowest BCUT2D eigenvalue weighted by Crippen LogP contribution is -2.39. The van der Waals surface area contributed by atoms with Crippen LogP contribution in [-0.2, 0) is 20.8 Å². The fourth-order valence-electron chi connectivity index (χ4n) is 4.86. The van der Waals surface area contributed by atoms with Gasteiger partial charge in [0, 0.05) is 18.7 Å². The van der Waals surface area contributed by atoms with Crippen molar-refractivity contribution in [3.63, 3.8) is 0 Å². The summed E-state index contributed by atoms with van der Waals surface area (Å²) >= 11 is 6.37. The summed E-state index contributed by atoms with van der Waals surface area (Å²) in [6.45, 7) is 6.98. The summed E-state index contributed by atoms with van der Waals surface area (Å²) in [5, 5.41) is 0.699. The highest BCUT2D eigenvalue weighted by molar-refractivity contribution is 6.30. The van der Waals surface area contributed by atoms with Gasteiger partial charge in [0.15, 0.2) is 0 Å². The average molecular weight is 550 g/mol. The molecule has 6 nitrogen and oxygen atoms in total. The number of rotatable bonds is 11. The zero-order valence-corrected chi connectivity index (χ0v) is 23.6. The van der Waals surface area contributed by atoms with Crippen LogP contribution in [0.3, 0.4) is 0 Å². The molecule has 4 rings (SSSR count). The maximum absolute atomic E-state index is 13.4. The number of halogens is 1. The van der Waals surface area contributed by atoms with E-state index in [0.717, 1.165) is 33.6 Å². The van der Waals surface area contributed by atoms with Gasteiger partial charge >= 0.3 is 6.09 Å². The molecule has 7 heteroatoms. The van der Waals surface area contributed by atoms with Crippen molar-refractivity contribution in [1.29, 1.82) is 0 Å². The van der Waals surface area contributed by atoms with Gasteiger partial charge in [-0.25, -0.2) is 4.79 Å². The van der Waals surface area contributed by atoms with Crippen molar-refractivity contribution >= 4 is 23.3 Å². The van der Waals surface area contributed by atoms with Gasteiger partial charge in [0.1, 0.15) is 19.0 Å². The van der Waals surface area contributed by atoms with E-state index in [-0.39, 0.29) is 18.7 Å². The topological polar surface area (TPSA) is 57.2 Å². The zero-order valence-electron chi connectivity index (χ0n) is 22.8. The molecule has 0 bridgehead atoms. The van der Waals surface area contributed by atoms with Crippen LogP contribution >= 0.6 is 11.6 Å². The third kappa shape index (κ3) is 7.63. The first kappa shape index (κ1) is 28.7. The van der Waals surface area contributed by atoms with Gasteiger partial charge in [0.2, 0.25) is 0 Å². The Hall–Kier alpha value is -3.32. The summed E-state index contributed by atoms with van der Waals surface area (Å²) in [5.41, 5.74) is 6.53. The van der Waals surface area contributed by atoms with E-state index < -0.39 is 0 Å². The van der Waals surface area contributed by atoms with E-state index in [2.05, 4.69) is 13.8 Å².